The molecule has 0 aliphatic heterocycles. The quantitative estimate of drug-likeness (QED) is 0.182. The topological polar surface area (TPSA) is 75.3 Å². The maximum atomic E-state index is 9.36. The Balaban J connectivity index is 1.22. The maximum Gasteiger partial charge on any atom is 0.182 e. The van der Waals surface area contributed by atoms with Gasteiger partial charge in [-0.1, -0.05) is 98.8 Å². The Morgan fingerprint density at radius 3 is 1.88 bits per heavy atom. The van der Waals surface area contributed by atoms with Crippen molar-refractivity contribution in [3.05, 3.63) is 133 Å². The van der Waals surface area contributed by atoms with Gasteiger partial charge in [0, 0.05) is 17.3 Å². The Labute approximate surface area is 288 Å². The Hall–Kier alpha value is -5.47. The molecule has 5 heteroatoms. The highest BCUT2D eigenvalue weighted by molar-refractivity contribution is 5.86. The Kier molecular flexibility index (Phi) is 8.09. The summed E-state index contributed by atoms with van der Waals surface area (Å²) in [4.78, 5) is 19.7. The van der Waals surface area contributed by atoms with Crippen molar-refractivity contribution in [1.29, 1.82) is 5.26 Å². The molecule has 0 amide bonds. The van der Waals surface area contributed by atoms with Crippen molar-refractivity contribution in [3.8, 4) is 62.6 Å². The number of rotatable bonds is 6. The van der Waals surface area contributed by atoms with Crippen LogP contribution in [0.4, 0.5) is 0 Å². The molecule has 6 aromatic rings. The van der Waals surface area contributed by atoms with E-state index in [0.717, 1.165) is 51.1 Å². The van der Waals surface area contributed by atoms with Crippen molar-refractivity contribution < 1.29 is 0 Å². The van der Waals surface area contributed by atoms with E-state index in [4.69, 9.17) is 15.0 Å². The fraction of sp³-hybridized carbons (Fsp3) is 0.250. The summed E-state index contributed by atoms with van der Waals surface area (Å²) in [6.45, 7) is 4.88. The summed E-state index contributed by atoms with van der Waals surface area (Å²) in [7, 11) is 0. The lowest BCUT2D eigenvalue weighted by atomic mass is 9.54. The summed E-state index contributed by atoms with van der Waals surface area (Å²) in [5, 5.41) is 9.36. The highest BCUT2D eigenvalue weighted by atomic mass is 15.0. The predicted octanol–water partition coefficient (Wildman–Crippen LogP) is 10.6. The molecule has 2 aliphatic carbocycles. The van der Waals surface area contributed by atoms with Gasteiger partial charge in [0.25, 0.3) is 0 Å². The lowest BCUT2D eigenvalue weighted by molar-refractivity contribution is 0.0780. The summed E-state index contributed by atoms with van der Waals surface area (Å²) >= 11 is 0. The number of hydrogen-bond donors (Lipinski definition) is 0. The molecule has 2 bridgehead atoms. The minimum atomic E-state index is 0.270. The van der Waals surface area contributed by atoms with Gasteiger partial charge in [-0.05, 0) is 113 Å². The first kappa shape index (κ1) is 30.8. The maximum absolute atomic E-state index is 9.36. The first-order valence-electron chi connectivity index (χ1n) is 17.5. The Morgan fingerprint density at radius 1 is 0.592 bits per heavy atom. The van der Waals surface area contributed by atoms with E-state index in [1.807, 2.05) is 48.5 Å². The average Bonchev–Trinajstić information content (AvgIpc) is 3.14. The number of hydrogen-bond acceptors (Lipinski definition) is 5. The van der Waals surface area contributed by atoms with E-state index in [1.165, 1.54) is 37.7 Å². The number of nitriles is 1. The fourth-order valence-electron chi connectivity index (χ4n) is 8.79. The van der Waals surface area contributed by atoms with Crippen molar-refractivity contribution in [3.63, 3.8) is 0 Å². The van der Waals surface area contributed by atoms with Crippen LogP contribution in [0.2, 0.25) is 0 Å². The highest BCUT2D eigenvalue weighted by Crippen LogP contribution is 2.54. The van der Waals surface area contributed by atoms with Crippen molar-refractivity contribution in [1.82, 2.24) is 19.9 Å². The van der Waals surface area contributed by atoms with Gasteiger partial charge in [0.05, 0.1) is 11.6 Å². The molecule has 0 radical (unpaired) electrons. The molecule has 8 rings (SSSR count). The van der Waals surface area contributed by atoms with Crippen LogP contribution in [-0.4, -0.2) is 19.9 Å². The van der Waals surface area contributed by atoms with E-state index in [0.29, 0.717) is 28.7 Å². The van der Waals surface area contributed by atoms with Crippen molar-refractivity contribution in [2.24, 2.45) is 17.8 Å². The molecular formula is C44H39N5. The molecule has 49 heavy (non-hydrogen) atoms. The van der Waals surface area contributed by atoms with Crippen LogP contribution in [0.3, 0.4) is 0 Å². The predicted molar refractivity (Wildman–Crippen MR) is 196 cm³/mol. The number of aromatic nitrogens is 4. The third kappa shape index (κ3) is 6.16. The van der Waals surface area contributed by atoms with Crippen molar-refractivity contribution in [2.75, 3.05) is 0 Å². The van der Waals surface area contributed by atoms with Gasteiger partial charge in [-0.3, -0.25) is 4.98 Å². The second-order valence-electron chi connectivity index (χ2n) is 14.4. The van der Waals surface area contributed by atoms with Crippen LogP contribution in [0, 0.1) is 29.1 Å². The van der Waals surface area contributed by atoms with Crippen LogP contribution in [0.5, 0.6) is 0 Å². The lowest BCUT2D eigenvalue weighted by Gasteiger charge is -2.50. The molecule has 0 spiro atoms. The van der Waals surface area contributed by atoms with Gasteiger partial charge < -0.3 is 0 Å². The first-order valence-corrected chi connectivity index (χ1v) is 17.5. The number of fused-ring (bicyclic) bond motifs is 2. The molecule has 5 nitrogen and oxygen atoms in total. The molecule has 0 saturated heterocycles. The molecule has 2 fully saturated rings. The zero-order valence-corrected chi connectivity index (χ0v) is 28.1. The summed E-state index contributed by atoms with van der Waals surface area (Å²) in [6.07, 6.45) is 8.37. The third-order valence-corrected chi connectivity index (χ3v) is 10.6. The number of pyridine rings is 1. The Bertz CT molecular complexity index is 2110. The third-order valence-electron chi connectivity index (χ3n) is 10.6. The average molecular weight is 638 g/mol. The van der Waals surface area contributed by atoms with Crippen LogP contribution < -0.4 is 0 Å². The zero-order chi connectivity index (χ0) is 33.4. The van der Waals surface area contributed by atoms with Crippen LogP contribution in [0.1, 0.15) is 57.1 Å². The van der Waals surface area contributed by atoms with Gasteiger partial charge in [0.15, 0.2) is 17.5 Å². The van der Waals surface area contributed by atoms with E-state index >= 15 is 0 Å². The molecule has 4 atom stereocenters. The monoisotopic (exact) mass is 637 g/mol. The number of benzene rings is 4. The van der Waals surface area contributed by atoms with Crippen molar-refractivity contribution >= 4 is 0 Å². The van der Waals surface area contributed by atoms with E-state index in [1.54, 1.807) is 6.20 Å². The SMILES string of the molecule is C[C@@H]1CC2C[C@H](C)CC(c3ccc(-c4nc(-c5ccc(-c6ccc(C#N)cc6)c(-c6ccccc6)c5)nc(-c5ccccn5)n4)cc3)(C2)C1. The van der Waals surface area contributed by atoms with E-state index < -0.39 is 0 Å². The number of nitrogens with zero attached hydrogens (tertiary/aromatic N) is 5. The fourth-order valence-corrected chi connectivity index (χ4v) is 8.79. The van der Waals surface area contributed by atoms with Gasteiger partial charge in [0.1, 0.15) is 5.69 Å². The molecule has 2 aliphatic rings. The second-order valence-corrected chi connectivity index (χ2v) is 14.4. The highest BCUT2D eigenvalue weighted by Gasteiger charge is 2.45. The molecular weight excluding hydrogens is 599 g/mol. The van der Waals surface area contributed by atoms with Crippen LogP contribution >= 0.6 is 0 Å². The minimum Gasteiger partial charge on any atom is -0.253 e. The van der Waals surface area contributed by atoms with Crippen molar-refractivity contribution in [2.45, 2.75) is 51.4 Å². The van der Waals surface area contributed by atoms with Crippen LogP contribution in [-0.2, 0) is 5.41 Å². The zero-order valence-electron chi connectivity index (χ0n) is 28.1. The van der Waals surface area contributed by atoms with Gasteiger partial charge in [-0.15, -0.1) is 0 Å². The minimum absolute atomic E-state index is 0.270. The largest absolute Gasteiger partial charge is 0.253 e. The van der Waals surface area contributed by atoms with Gasteiger partial charge in [-0.2, -0.15) is 5.26 Å². The van der Waals surface area contributed by atoms with E-state index in [9.17, 15) is 5.26 Å². The van der Waals surface area contributed by atoms with Gasteiger partial charge in [0.2, 0.25) is 0 Å². The van der Waals surface area contributed by atoms with Crippen LogP contribution in [0.25, 0.3) is 56.5 Å². The molecule has 240 valence electrons. The summed E-state index contributed by atoms with van der Waals surface area (Å²) < 4.78 is 0. The normalized spacial score (nSPS) is 21.5. The van der Waals surface area contributed by atoms with E-state index in [2.05, 4.69) is 91.6 Å². The van der Waals surface area contributed by atoms with E-state index in [-0.39, 0.29) is 5.41 Å². The molecule has 2 heterocycles. The smallest absolute Gasteiger partial charge is 0.182 e. The standard InChI is InChI=1S/C44H39N5/c1-29-22-32-23-30(2)26-44(25-29,27-32)37-18-15-35(16-19-37)41-47-42(49-43(48-41)40-10-6-7-21-46-40)36-17-20-38(34-13-11-31(28-45)12-14-34)39(24-36)33-8-4-3-5-9-33/h3-21,24,29-30,32H,22-23,25-27H2,1-2H3/t29-,30+,32?,44?. The molecule has 0 N–H and O–H groups in total. The summed E-state index contributed by atoms with van der Waals surface area (Å²) in [5.74, 6) is 4.15. The Morgan fingerprint density at radius 2 is 1.20 bits per heavy atom. The lowest BCUT2D eigenvalue weighted by Crippen LogP contribution is -2.42. The first-order chi connectivity index (χ1) is 24.0. The van der Waals surface area contributed by atoms with Crippen LogP contribution in [0.15, 0.2) is 121 Å². The van der Waals surface area contributed by atoms with Gasteiger partial charge >= 0.3 is 0 Å². The van der Waals surface area contributed by atoms with Gasteiger partial charge in [-0.25, -0.2) is 15.0 Å². The molecule has 4 aromatic carbocycles. The molecule has 2 saturated carbocycles. The molecule has 2 unspecified atom stereocenters. The molecule has 2 aromatic heterocycles. The second kappa shape index (κ2) is 12.9. The summed E-state index contributed by atoms with van der Waals surface area (Å²) in [5.41, 5.74) is 9.22. The summed E-state index contributed by atoms with van der Waals surface area (Å²) in [6, 6.07) is 41.6.